The van der Waals surface area contributed by atoms with E-state index in [4.69, 9.17) is 14.2 Å². The molecular weight excluding hydrogens is 368 g/mol. The molecule has 1 heterocycles. The molecular formula is C18H24N4O6. The predicted octanol–water partition coefficient (Wildman–Crippen LogP) is 2.30. The second kappa shape index (κ2) is 10.1. The van der Waals surface area contributed by atoms with E-state index in [2.05, 4.69) is 10.4 Å². The Bertz CT molecular complexity index is 820. The number of methoxy groups -OCH3 is 1. The van der Waals surface area contributed by atoms with Gasteiger partial charge in [0.25, 0.3) is 0 Å². The van der Waals surface area contributed by atoms with Crippen LogP contribution in [0.15, 0.2) is 24.4 Å². The van der Waals surface area contributed by atoms with Crippen molar-refractivity contribution in [3.63, 3.8) is 0 Å². The van der Waals surface area contributed by atoms with Crippen LogP contribution in [0, 0.1) is 10.1 Å². The summed E-state index contributed by atoms with van der Waals surface area (Å²) in [5.41, 5.74) is 0.636. The minimum absolute atomic E-state index is 0.0803. The molecule has 0 unspecified atom stereocenters. The summed E-state index contributed by atoms with van der Waals surface area (Å²) in [5.74, 6) is 1.01. The van der Waals surface area contributed by atoms with Gasteiger partial charge in [-0.05, 0) is 31.5 Å². The number of nitrogens with zero attached hydrogens (tertiary/aromatic N) is 3. The fourth-order valence-corrected chi connectivity index (χ4v) is 2.49. The van der Waals surface area contributed by atoms with E-state index in [0.717, 1.165) is 5.56 Å². The lowest BCUT2D eigenvalue weighted by atomic mass is 10.2. The van der Waals surface area contributed by atoms with Gasteiger partial charge in [0, 0.05) is 13.0 Å². The molecule has 0 aliphatic heterocycles. The highest BCUT2D eigenvalue weighted by atomic mass is 16.6. The number of benzene rings is 1. The normalized spacial score (nSPS) is 10.4. The molecule has 1 aromatic carbocycles. The lowest BCUT2D eigenvalue weighted by Gasteiger charge is -2.13. The zero-order valence-electron chi connectivity index (χ0n) is 16.1. The molecule has 0 bridgehead atoms. The summed E-state index contributed by atoms with van der Waals surface area (Å²) in [6, 6.07) is 5.50. The first-order valence-corrected chi connectivity index (χ1v) is 8.89. The third kappa shape index (κ3) is 5.60. The Balaban J connectivity index is 1.90. The maximum absolute atomic E-state index is 12.1. The van der Waals surface area contributed by atoms with Crippen LogP contribution in [-0.4, -0.2) is 40.9 Å². The maximum atomic E-state index is 12.1. The van der Waals surface area contributed by atoms with Crippen molar-refractivity contribution in [1.82, 2.24) is 15.1 Å². The topological polar surface area (TPSA) is 118 Å². The largest absolute Gasteiger partial charge is 0.490 e. The number of carbonyl (C=O) groups excluding carboxylic acids is 1. The number of hydrogen-bond acceptors (Lipinski definition) is 7. The van der Waals surface area contributed by atoms with E-state index < -0.39 is 4.92 Å². The van der Waals surface area contributed by atoms with E-state index in [1.54, 1.807) is 0 Å². The van der Waals surface area contributed by atoms with E-state index in [1.165, 1.54) is 18.0 Å². The summed E-state index contributed by atoms with van der Waals surface area (Å²) in [6.07, 6.45) is 1.37. The monoisotopic (exact) mass is 392 g/mol. The molecule has 28 heavy (non-hydrogen) atoms. The number of nitro groups is 1. The van der Waals surface area contributed by atoms with E-state index in [0.29, 0.717) is 31.3 Å². The van der Waals surface area contributed by atoms with Gasteiger partial charge in [-0.2, -0.15) is 0 Å². The Hall–Kier alpha value is -3.30. The quantitative estimate of drug-likeness (QED) is 0.460. The molecule has 1 aromatic heterocycles. The van der Waals surface area contributed by atoms with Crippen LogP contribution in [0.2, 0.25) is 0 Å². The van der Waals surface area contributed by atoms with Crippen molar-refractivity contribution in [2.75, 3.05) is 20.3 Å². The van der Waals surface area contributed by atoms with Gasteiger partial charge in [-0.3, -0.25) is 19.6 Å². The zero-order valence-corrected chi connectivity index (χ0v) is 16.1. The zero-order chi connectivity index (χ0) is 20.5. The van der Waals surface area contributed by atoms with E-state index in [1.807, 2.05) is 32.0 Å². The van der Waals surface area contributed by atoms with Crippen LogP contribution in [0.4, 0.5) is 5.69 Å². The fraction of sp³-hybridized carbons (Fsp3) is 0.444. The molecule has 0 saturated heterocycles. The molecule has 0 aliphatic carbocycles. The smallest absolute Gasteiger partial charge is 0.350 e. The molecule has 152 valence electrons. The van der Waals surface area contributed by atoms with Crippen molar-refractivity contribution in [3.05, 3.63) is 40.1 Å². The van der Waals surface area contributed by atoms with Gasteiger partial charge < -0.3 is 19.5 Å². The van der Waals surface area contributed by atoms with Crippen LogP contribution in [0.25, 0.3) is 0 Å². The van der Waals surface area contributed by atoms with Crippen LogP contribution < -0.4 is 19.5 Å². The number of ether oxygens (including phenoxy) is 3. The third-order valence-corrected chi connectivity index (χ3v) is 3.77. The second-order valence-corrected chi connectivity index (χ2v) is 5.72. The number of aryl methyl sites for hydroxylation is 1. The lowest BCUT2D eigenvalue weighted by molar-refractivity contribution is -0.385. The summed E-state index contributed by atoms with van der Waals surface area (Å²) in [6.45, 7) is 5.35. The van der Waals surface area contributed by atoms with E-state index in [-0.39, 0.29) is 30.4 Å². The molecule has 0 aliphatic rings. The van der Waals surface area contributed by atoms with Gasteiger partial charge in [0.15, 0.2) is 11.5 Å². The molecule has 2 aromatic rings. The average Bonchev–Trinajstić information content (AvgIpc) is 3.10. The maximum Gasteiger partial charge on any atom is 0.350 e. The van der Waals surface area contributed by atoms with Gasteiger partial charge in [0.05, 0.1) is 31.8 Å². The fourth-order valence-electron chi connectivity index (χ4n) is 2.49. The van der Waals surface area contributed by atoms with Crippen molar-refractivity contribution in [3.8, 4) is 17.4 Å². The molecule has 10 heteroatoms. The molecule has 0 spiro atoms. The molecule has 0 saturated carbocycles. The Labute approximate surface area is 162 Å². The Morgan fingerprint density at radius 2 is 1.96 bits per heavy atom. The van der Waals surface area contributed by atoms with Crippen LogP contribution in [0.1, 0.15) is 25.8 Å². The SMILES string of the molecule is CCOc1ccc(CNC(=O)CCn2cc([N+](=O)[O-])c(OC)n2)cc1OCC. The first-order chi connectivity index (χ1) is 13.5. The summed E-state index contributed by atoms with van der Waals surface area (Å²) in [5, 5.41) is 17.7. The van der Waals surface area contributed by atoms with Gasteiger partial charge in [-0.25, -0.2) is 0 Å². The summed E-state index contributed by atoms with van der Waals surface area (Å²) < 4.78 is 17.3. The average molecular weight is 392 g/mol. The van der Waals surface area contributed by atoms with Gasteiger partial charge >= 0.3 is 11.6 Å². The third-order valence-electron chi connectivity index (χ3n) is 3.77. The molecule has 10 nitrogen and oxygen atoms in total. The minimum Gasteiger partial charge on any atom is -0.490 e. The number of aromatic nitrogens is 2. The molecule has 1 amide bonds. The predicted molar refractivity (Wildman–Crippen MR) is 101 cm³/mol. The van der Waals surface area contributed by atoms with Crippen molar-refractivity contribution >= 4 is 11.6 Å². The summed E-state index contributed by atoms with van der Waals surface area (Å²) in [7, 11) is 1.31. The minimum atomic E-state index is -0.579. The molecule has 0 fully saturated rings. The number of rotatable bonds is 11. The highest BCUT2D eigenvalue weighted by Gasteiger charge is 2.20. The van der Waals surface area contributed by atoms with Crippen molar-refractivity contribution in [1.29, 1.82) is 0 Å². The number of nitrogens with one attached hydrogen (secondary N) is 1. The molecule has 2 rings (SSSR count). The highest BCUT2D eigenvalue weighted by Crippen LogP contribution is 2.28. The number of carbonyl (C=O) groups is 1. The molecule has 0 atom stereocenters. The second-order valence-electron chi connectivity index (χ2n) is 5.72. The Morgan fingerprint density at radius 1 is 1.25 bits per heavy atom. The van der Waals surface area contributed by atoms with Gasteiger partial charge in [-0.15, -0.1) is 5.10 Å². The summed E-state index contributed by atoms with van der Waals surface area (Å²) in [4.78, 5) is 22.4. The van der Waals surface area contributed by atoms with E-state index >= 15 is 0 Å². The Kier molecular flexibility index (Phi) is 7.61. The standard InChI is InChI=1S/C18H24N4O6/c1-4-27-15-7-6-13(10-16(15)28-5-2)11-19-17(23)8-9-21-12-14(22(24)25)18(20-21)26-3/h6-7,10,12H,4-5,8-9,11H2,1-3H3,(H,19,23). The van der Waals surface area contributed by atoms with Crippen LogP contribution in [0.3, 0.4) is 0 Å². The molecule has 0 radical (unpaired) electrons. The first-order valence-electron chi connectivity index (χ1n) is 8.89. The van der Waals surface area contributed by atoms with Gasteiger partial charge in [-0.1, -0.05) is 6.07 Å². The van der Waals surface area contributed by atoms with Gasteiger partial charge in [0.1, 0.15) is 6.20 Å². The van der Waals surface area contributed by atoms with Crippen molar-refractivity contribution < 1.29 is 23.9 Å². The van der Waals surface area contributed by atoms with E-state index in [9.17, 15) is 14.9 Å². The van der Waals surface area contributed by atoms with Crippen LogP contribution in [-0.2, 0) is 17.9 Å². The van der Waals surface area contributed by atoms with Crippen LogP contribution >= 0.6 is 0 Å². The summed E-state index contributed by atoms with van der Waals surface area (Å²) >= 11 is 0. The lowest BCUT2D eigenvalue weighted by Crippen LogP contribution is -2.24. The molecule has 1 N–H and O–H groups in total. The van der Waals surface area contributed by atoms with Gasteiger partial charge in [0.2, 0.25) is 5.91 Å². The number of hydrogen-bond donors (Lipinski definition) is 1. The Morgan fingerprint density at radius 3 is 2.57 bits per heavy atom. The highest BCUT2D eigenvalue weighted by molar-refractivity contribution is 5.75. The number of amides is 1. The van der Waals surface area contributed by atoms with Crippen molar-refractivity contribution in [2.45, 2.75) is 33.4 Å². The first kappa shape index (κ1) is 21.0. The van der Waals surface area contributed by atoms with Crippen LogP contribution in [0.5, 0.6) is 17.4 Å². The van der Waals surface area contributed by atoms with Crippen molar-refractivity contribution in [2.24, 2.45) is 0 Å².